The molecule has 0 spiro atoms. The van der Waals surface area contributed by atoms with E-state index in [1.165, 1.54) is 0 Å². The van der Waals surface area contributed by atoms with Crippen LogP contribution in [0.25, 0.3) is 0 Å². The van der Waals surface area contributed by atoms with Crippen LogP contribution in [0.1, 0.15) is 55.4 Å². The van der Waals surface area contributed by atoms with Crippen molar-refractivity contribution in [2.24, 2.45) is 0 Å². The van der Waals surface area contributed by atoms with Gasteiger partial charge in [-0.15, -0.1) is 0 Å². The van der Waals surface area contributed by atoms with E-state index in [1.807, 2.05) is 55.4 Å². The standard InChI is InChI=1S/C26H38O12S4/c1-23(2)27-9-11(33-23)13-15(17-19(29-13)37-25(5,6)35-17)31-21(39)41-42-22(40)32-16-14(12-10-28-24(3,4)34-12)30-20-18(16)36-26(7,8)38-20/h11-20H,9-10H2,1-8H3/t11-,12-,13-,14+,15+,16-,17+,18+,19-,20-/m0/s1. The molecule has 0 unspecified atom stereocenters. The van der Waals surface area contributed by atoms with E-state index in [2.05, 4.69) is 0 Å². The molecule has 10 atom stereocenters. The Hall–Kier alpha value is 0.0800. The smallest absolute Gasteiger partial charge is 0.231 e. The molecule has 6 rings (SSSR count). The lowest BCUT2D eigenvalue weighted by Crippen LogP contribution is -2.45. The summed E-state index contributed by atoms with van der Waals surface area (Å²) < 4.78 is 73.1. The van der Waals surface area contributed by atoms with Gasteiger partial charge in [0.15, 0.2) is 60.1 Å². The summed E-state index contributed by atoms with van der Waals surface area (Å²) in [5.74, 6) is -3.12. The van der Waals surface area contributed by atoms with Crippen LogP contribution >= 0.6 is 46.0 Å². The van der Waals surface area contributed by atoms with Crippen molar-refractivity contribution >= 4 is 54.8 Å². The molecular formula is C26H38O12S4. The minimum atomic E-state index is -0.825. The summed E-state index contributed by atoms with van der Waals surface area (Å²) in [6, 6.07) is 0. The van der Waals surface area contributed by atoms with E-state index >= 15 is 0 Å². The van der Waals surface area contributed by atoms with Gasteiger partial charge in [-0.25, -0.2) is 0 Å². The van der Waals surface area contributed by atoms with E-state index in [4.69, 9.17) is 81.3 Å². The lowest BCUT2D eigenvalue weighted by molar-refractivity contribution is -0.231. The molecule has 6 heterocycles. The van der Waals surface area contributed by atoms with Crippen molar-refractivity contribution in [1.29, 1.82) is 0 Å². The highest BCUT2D eigenvalue weighted by atomic mass is 33.1. The van der Waals surface area contributed by atoms with Crippen molar-refractivity contribution < 1.29 is 56.8 Å². The van der Waals surface area contributed by atoms with Crippen LogP contribution in [0.4, 0.5) is 0 Å². The summed E-state index contributed by atoms with van der Waals surface area (Å²) in [6.45, 7) is 15.4. The molecule has 6 fully saturated rings. The number of hydrogen-bond acceptors (Lipinski definition) is 16. The zero-order chi connectivity index (χ0) is 30.2. The molecule has 0 bridgehead atoms. The highest BCUT2D eigenvalue weighted by Gasteiger charge is 2.61. The van der Waals surface area contributed by atoms with Crippen molar-refractivity contribution in [3.63, 3.8) is 0 Å². The van der Waals surface area contributed by atoms with Gasteiger partial charge in [-0.3, -0.25) is 0 Å². The van der Waals surface area contributed by atoms with Gasteiger partial charge in [0.1, 0.15) is 24.4 Å². The Kier molecular flexibility index (Phi) is 8.70. The molecule has 16 heteroatoms. The number of hydrogen-bond donors (Lipinski definition) is 0. The predicted molar refractivity (Wildman–Crippen MR) is 157 cm³/mol. The molecule has 0 amide bonds. The van der Waals surface area contributed by atoms with E-state index in [1.54, 1.807) is 0 Å². The maximum Gasteiger partial charge on any atom is 0.231 e. The number of fused-ring (bicyclic) bond motifs is 2. The molecule has 6 aliphatic heterocycles. The van der Waals surface area contributed by atoms with Gasteiger partial charge < -0.3 is 56.8 Å². The van der Waals surface area contributed by atoms with Gasteiger partial charge in [0, 0.05) is 21.6 Å². The summed E-state index contributed by atoms with van der Waals surface area (Å²) in [4.78, 5) is 0. The Balaban J connectivity index is 1.07. The molecule has 6 aliphatic rings. The Morgan fingerprint density at radius 2 is 0.929 bits per heavy atom. The quantitative estimate of drug-likeness (QED) is 0.319. The molecule has 0 N–H and O–H groups in total. The second kappa shape index (κ2) is 11.4. The van der Waals surface area contributed by atoms with Gasteiger partial charge in [-0.1, -0.05) is 0 Å². The molecule has 12 nitrogen and oxygen atoms in total. The fraction of sp³-hybridized carbons (Fsp3) is 0.923. The first kappa shape index (κ1) is 32.0. The van der Waals surface area contributed by atoms with Crippen molar-refractivity contribution in [1.82, 2.24) is 0 Å². The van der Waals surface area contributed by atoms with Crippen molar-refractivity contribution in [3.8, 4) is 0 Å². The molecule has 0 aromatic rings. The van der Waals surface area contributed by atoms with Crippen LogP contribution in [0.15, 0.2) is 0 Å². The summed E-state index contributed by atoms with van der Waals surface area (Å²) in [5.41, 5.74) is 0. The molecule has 238 valence electrons. The maximum absolute atomic E-state index is 6.24. The largest absolute Gasteiger partial charge is 0.469 e. The Labute approximate surface area is 264 Å². The van der Waals surface area contributed by atoms with Crippen molar-refractivity contribution in [2.75, 3.05) is 13.2 Å². The molecule has 0 radical (unpaired) electrons. The average molecular weight is 671 g/mol. The van der Waals surface area contributed by atoms with Crippen LogP contribution in [0.2, 0.25) is 0 Å². The van der Waals surface area contributed by atoms with E-state index < -0.39 is 72.4 Å². The van der Waals surface area contributed by atoms with Gasteiger partial charge in [-0.05, 0) is 79.8 Å². The van der Waals surface area contributed by atoms with Crippen LogP contribution in [-0.4, -0.2) is 107 Å². The zero-order valence-electron chi connectivity index (χ0n) is 24.7. The fourth-order valence-corrected chi connectivity index (χ4v) is 7.87. The molecule has 0 aliphatic carbocycles. The highest BCUT2D eigenvalue weighted by molar-refractivity contribution is 8.89. The normalized spacial score (nSPS) is 44.2. The minimum absolute atomic E-state index is 0.227. The SMILES string of the molecule is CC1(C)O[C@@H]2O[C@@H]([C@@H]3COC(C)(C)O3)[C@@H](OC(=S)SSC(=S)O[C@@H]3[C@H]4OC(C)(C)O[C@@H]4O[C@@H]3[C@@H]3COC(C)(C)O3)[C@H]2O1. The Morgan fingerprint density at radius 3 is 1.26 bits per heavy atom. The first-order valence-electron chi connectivity index (χ1n) is 13.9. The van der Waals surface area contributed by atoms with Gasteiger partial charge in [-0.2, -0.15) is 0 Å². The molecule has 0 aromatic heterocycles. The third-order valence-electron chi connectivity index (χ3n) is 7.49. The summed E-state index contributed by atoms with van der Waals surface area (Å²) in [5, 5.41) is 0. The van der Waals surface area contributed by atoms with Crippen LogP contribution in [-0.2, 0) is 56.8 Å². The lowest BCUT2D eigenvalue weighted by atomic mass is 10.1. The average Bonchev–Trinajstić information content (AvgIpc) is 3.67. The van der Waals surface area contributed by atoms with Gasteiger partial charge in [0.2, 0.25) is 8.77 Å². The third kappa shape index (κ3) is 6.77. The molecule has 0 saturated carbocycles. The van der Waals surface area contributed by atoms with E-state index in [9.17, 15) is 0 Å². The zero-order valence-corrected chi connectivity index (χ0v) is 28.0. The van der Waals surface area contributed by atoms with Gasteiger partial charge in [0.05, 0.1) is 13.2 Å². The first-order chi connectivity index (χ1) is 19.5. The predicted octanol–water partition coefficient (Wildman–Crippen LogP) is 3.76. The highest BCUT2D eigenvalue weighted by Crippen LogP contribution is 2.45. The first-order valence-corrected chi connectivity index (χ1v) is 16.9. The van der Waals surface area contributed by atoms with Crippen LogP contribution in [0.3, 0.4) is 0 Å². The fourth-order valence-electron chi connectivity index (χ4n) is 5.96. The Bertz CT molecular complexity index is 990. The van der Waals surface area contributed by atoms with Gasteiger partial charge in [0.25, 0.3) is 0 Å². The van der Waals surface area contributed by atoms with Gasteiger partial charge >= 0.3 is 0 Å². The van der Waals surface area contributed by atoms with Crippen LogP contribution < -0.4 is 0 Å². The lowest BCUT2D eigenvalue weighted by Gasteiger charge is -2.29. The minimum Gasteiger partial charge on any atom is -0.469 e. The second-order valence-corrected chi connectivity index (χ2v) is 16.0. The van der Waals surface area contributed by atoms with Crippen molar-refractivity contribution in [2.45, 2.75) is 140 Å². The van der Waals surface area contributed by atoms with E-state index in [-0.39, 0.29) is 21.0 Å². The topological polar surface area (TPSA) is 111 Å². The van der Waals surface area contributed by atoms with E-state index in [0.717, 1.165) is 21.6 Å². The number of rotatable bonds is 4. The van der Waals surface area contributed by atoms with Crippen molar-refractivity contribution in [3.05, 3.63) is 0 Å². The van der Waals surface area contributed by atoms with Crippen LogP contribution in [0, 0.1) is 0 Å². The Morgan fingerprint density at radius 1 is 0.548 bits per heavy atom. The van der Waals surface area contributed by atoms with Crippen LogP contribution in [0.5, 0.6) is 0 Å². The maximum atomic E-state index is 6.24. The monoisotopic (exact) mass is 670 g/mol. The summed E-state index contributed by atoms with van der Waals surface area (Å²) >= 11 is 11.2. The summed E-state index contributed by atoms with van der Waals surface area (Å²) in [7, 11) is 2.32. The molecule has 42 heavy (non-hydrogen) atoms. The third-order valence-corrected chi connectivity index (χ3v) is 10.5. The van der Waals surface area contributed by atoms with E-state index in [0.29, 0.717) is 13.2 Å². The number of ether oxygens (including phenoxy) is 12. The molecular weight excluding hydrogens is 633 g/mol. The summed E-state index contributed by atoms with van der Waals surface area (Å²) in [6.07, 6.45) is -5.21. The molecule has 6 saturated heterocycles. The molecule has 0 aromatic carbocycles. The number of thiocarbonyl (C=S) groups is 2. The second-order valence-electron chi connectivity index (χ2n) is 12.7.